The van der Waals surface area contributed by atoms with Crippen molar-refractivity contribution in [2.75, 3.05) is 0 Å². The summed E-state index contributed by atoms with van der Waals surface area (Å²) in [5, 5.41) is 0.563. The molecule has 1 nitrogen and oxygen atoms in total. The number of nitrogens with zero attached hydrogens (tertiary/aromatic N) is 1. The van der Waals surface area contributed by atoms with Crippen molar-refractivity contribution >= 4 is 11.6 Å². The predicted molar refractivity (Wildman–Crippen MR) is 59.4 cm³/mol. The lowest BCUT2D eigenvalue weighted by Gasteiger charge is -2.05. The fourth-order valence-corrected chi connectivity index (χ4v) is 1.69. The van der Waals surface area contributed by atoms with Gasteiger partial charge in [0.15, 0.2) is 0 Å². The third kappa shape index (κ3) is 2.00. The molecule has 76 valence electrons. The van der Waals surface area contributed by atoms with Crippen LogP contribution in [0.1, 0.15) is 5.56 Å². The molecule has 0 saturated carbocycles. The van der Waals surface area contributed by atoms with E-state index in [9.17, 15) is 4.39 Å². The first-order valence-corrected chi connectivity index (χ1v) is 4.93. The average molecular weight is 222 g/mol. The minimum absolute atomic E-state index is 0.268. The highest BCUT2D eigenvalue weighted by molar-refractivity contribution is 6.30. The number of aromatic nitrogens is 1. The molecule has 0 aliphatic heterocycles. The first-order valence-electron chi connectivity index (χ1n) is 4.55. The molecular weight excluding hydrogens is 213 g/mol. The number of aryl methyl sites for hydroxylation is 1. The average Bonchev–Trinajstić information content (AvgIpc) is 2.20. The molecule has 1 heterocycles. The Bertz CT molecular complexity index is 497. The van der Waals surface area contributed by atoms with Crippen molar-refractivity contribution in [2.45, 2.75) is 6.92 Å². The van der Waals surface area contributed by atoms with Crippen LogP contribution in [-0.2, 0) is 0 Å². The molecule has 1 aromatic heterocycles. The summed E-state index contributed by atoms with van der Waals surface area (Å²) in [7, 11) is 0. The number of benzene rings is 1. The van der Waals surface area contributed by atoms with Gasteiger partial charge in [-0.15, -0.1) is 0 Å². The molecule has 1 aromatic carbocycles. The van der Waals surface area contributed by atoms with E-state index in [-0.39, 0.29) is 5.82 Å². The topological polar surface area (TPSA) is 12.9 Å². The molecule has 0 unspecified atom stereocenters. The van der Waals surface area contributed by atoms with Crippen LogP contribution in [0, 0.1) is 12.7 Å². The van der Waals surface area contributed by atoms with Gasteiger partial charge in [0.1, 0.15) is 5.82 Å². The lowest BCUT2D eigenvalue weighted by Crippen LogP contribution is -1.90. The van der Waals surface area contributed by atoms with Crippen LogP contribution in [0.3, 0.4) is 0 Å². The molecule has 0 N–H and O–H groups in total. The Morgan fingerprint density at radius 3 is 2.67 bits per heavy atom. The number of rotatable bonds is 1. The highest BCUT2D eigenvalue weighted by Gasteiger charge is 2.08. The number of hydrogen-bond acceptors (Lipinski definition) is 1. The number of pyridine rings is 1. The Morgan fingerprint density at radius 1 is 1.27 bits per heavy atom. The van der Waals surface area contributed by atoms with Crippen LogP contribution in [0.5, 0.6) is 0 Å². The molecule has 0 saturated heterocycles. The Balaban J connectivity index is 2.60. The van der Waals surface area contributed by atoms with E-state index in [1.54, 1.807) is 24.3 Å². The Labute approximate surface area is 92.5 Å². The molecule has 0 spiro atoms. The summed E-state index contributed by atoms with van der Waals surface area (Å²) in [4.78, 5) is 4.14. The minimum atomic E-state index is -0.268. The van der Waals surface area contributed by atoms with Crippen molar-refractivity contribution < 1.29 is 4.39 Å². The summed E-state index contributed by atoms with van der Waals surface area (Å²) in [5.41, 5.74) is 2.01. The predicted octanol–water partition coefficient (Wildman–Crippen LogP) is 3.85. The normalized spacial score (nSPS) is 10.3. The van der Waals surface area contributed by atoms with Crippen molar-refractivity contribution in [3.05, 3.63) is 52.9 Å². The highest BCUT2D eigenvalue weighted by atomic mass is 35.5. The summed E-state index contributed by atoms with van der Waals surface area (Å²) in [6.07, 6.45) is 1.52. The molecule has 0 atom stereocenters. The van der Waals surface area contributed by atoms with E-state index in [4.69, 9.17) is 11.6 Å². The number of hydrogen-bond donors (Lipinski definition) is 0. The molecular formula is C12H9ClFN. The third-order valence-corrected chi connectivity index (χ3v) is 2.38. The summed E-state index contributed by atoms with van der Waals surface area (Å²) >= 11 is 5.79. The van der Waals surface area contributed by atoms with Gasteiger partial charge in [-0.3, -0.25) is 4.98 Å². The SMILES string of the molecule is Cc1cc(Cl)cnc1-c1ccccc1F. The van der Waals surface area contributed by atoms with Crippen molar-refractivity contribution in [1.29, 1.82) is 0 Å². The summed E-state index contributed by atoms with van der Waals surface area (Å²) < 4.78 is 13.5. The quantitative estimate of drug-likeness (QED) is 0.713. The molecule has 0 aliphatic rings. The maximum absolute atomic E-state index is 13.5. The van der Waals surface area contributed by atoms with Gasteiger partial charge < -0.3 is 0 Å². The lowest BCUT2D eigenvalue weighted by atomic mass is 10.1. The van der Waals surface area contributed by atoms with Gasteiger partial charge in [-0.2, -0.15) is 0 Å². The van der Waals surface area contributed by atoms with Crippen LogP contribution in [0.2, 0.25) is 5.02 Å². The van der Waals surface area contributed by atoms with Crippen LogP contribution in [0.4, 0.5) is 4.39 Å². The smallest absolute Gasteiger partial charge is 0.132 e. The molecule has 2 rings (SSSR count). The first kappa shape index (κ1) is 10.1. The highest BCUT2D eigenvalue weighted by Crippen LogP contribution is 2.25. The van der Waals surface area contributed by atoms with Crippen LogP contribution in [0.15, 0.2) is 36.5 Å². The van der Waals surface area contributed by atoms with Crippen molar-refractivity contribution in [2.24, 2.45) is 0 Å². The van der Waals surface area contributed by atoms with Gasteiger partial charge in [-0.05, 0) is 30.7 Å². The van der Waals surface area contributed by atoms with Crippen molar-refractivity contribution in [3.8, 4) is 11.3 Å². The van der Waals surface area contributed by atoms with E-state index >= 15 is 0 Å². The number of halogens is 2. The second kappa shape index (κ2) is 3.99. The van der Waals surface area contributed by atoms with Gasteiger partial charge in [0, 0.05) is 11.8 Å². The van der Waals surface area contributed by atoms with Crippen LogP contribution >= 0.6 is 11.6 Å². The Morgan fingerprint density at radius 2 is 2.00 bits per heavy atom. The lowest BCUT2D eigenvalue weighted by molar-refractivity contribution is 0.630. The molecule has 2 aromatic rings. The zero-order chi connectivity index (χ0) is 10.8. The summed E-state index contributed by atoms with van der Waals surface area (Å²) in [6, 6.07) is 8.35. The Kier molecular flexibility index (Phi) is 2.69. The monoisotopic (exact) mass is 221 g/mol. The van der Waals surface area contributed by atoms with Crippen LogP contribution < -0.4 is 0 Å². The zero-order valence-electron chi connectivity index (χ0n) is 8.17. The Hall–Kier alpha value is -1.41. The van der Waals surface area contributed by atoms with Gasteiger partial charge in [-0.1, -0.05) is 23.7 Å². The fraction of sp³-hybridized carbons (Fsp3) is 0.0833. The molecule has 0 fully saturated rings. The van der Waals surface area contributed by atoms with Gasteiger partial charge in [0.05, 0.1) is 10.7 Å². The zero-order valence-corrected chi connectivity index (χ0v) is 8.92. The summed E-state index contributed by atoms with van der Waals surface area (Å²) in [6.45, 7) is 1.86. The van der Waals surface area contributed by atoms with E-state index in [2.05, 4.69) is 4.98 Å². The standard InChI is InChI=1S/C12H9ClFN/c1-8-6-9(13)7-15-12(8)10-4-2-3-5-11(10)14/h2-7H,1H3. The largest absolute Gasteiger partial charge is 0.254 e. The maximum Gasteiger partial charge on any atom is 0.132 e. The van der Waals surface area contributed by atoms with Crippen molar-refractivity contribution in [3.63, 3.8) is 0 Å². The molecule has 0 amide bonds. The first-order chi connectivity index (χ1) is 7.18. The van der Waals surface area contributed by atoms with Crippen LogP contribution in [-0.4, -0.2) is 4.98 Å². The fourth-order valence-electron chi connectivity index (χ4n) is 1.48. The van der Waals surface area contributed by atoms with E-state index in [1.165, 1.54) is 12.3 Å². The molecule has 0 bridgehead atoms. The molecule has 3 heteroatoms. The van der Waals surface area contributed by atoms with Gasteiger partial charge >= 0.3 is 0 Å². The van der Waals surface area contributed by atoms with E-state index in [0.29, 0.717) is 16.3 Å². The third-order valence-electron chi connectivity index (χ3n) is 2.17. The molecule has 15 heavy (non-hydrogen) atoms. The molecule has 0 aliphatic carbocycles. The van der Waals surface area contributed by atoms with Crippen molar-refractivity contribution in [1.82, 2.24) is 4.98 Å². The van der Waals surface area contributed by atoms with Gasteiger partial charge in [0.2, 0.25) is 0 Å². The summed E-state index contributed by atoms with van der Waals surface area (Å²) in [5.74, 6) is -0.268. The molecule has 0 radical (unpaired) electrons. The van der Waals surface area contributed by atoms with Gasteiger partial charge in [0.25, 0.3) is 0 Å². The minimum Gasteiger partial charge on any atom is -0.254 e. The maximum atomic E-state index is 13.5. The van der Waals surface area contributed by atoms with E-state index in [1.807, 2.05) is 6.92 Å². The van der Waals surface area contributed by atoms with E-state index in [0.717, 1.165) is 5.56 Å². The second-order valence-corrected chi connectivity index (χ2v) is 3.74. The van der Waals surface area contributed by atoms with E-state index < -0.39 is 0 Å². The van der Waals surface area contributed by atoms with Gasteiger partial charge in [-0.25, -0.2) is 4.39 Å². The van der Waals surface area contributed by atoms with Crippen LogP contribution in [0.25, 0.3) is 11.3 Å². The second-order valence-electron chi connectivity index (χ2n) is 3.30.